The van der Waals surface area contributed by atoms with Crippen LogP contribution in [0.5, 0.6) is 5.75 Å². The van der Waals surface area contributed by atoms with Gasteiger partial charge in [-0.2, -0.15) is 0 Å². The van der Waals surface area contributed by atoms with Crippen molar-refractivity contribution < 1.29 is 52.4 Å². The number of pyridine rings is 1. The van der Waals surface area contributed by atoms with Crippen LogP contribution in [0.25, 0.3) is 10.4 Å². The highest BCUT2D eigenvalue weighted by Crippen LogP contribution is 2.42. The third kappa shape index (κ3) is 17.5. The third-order valence-electron chi connectivity index (χ3n) is 13.8. The summed E-state index contributed by atoms with van der Waals surface area (Å²) in [5, 5.41) is 22.4. The Hall–Kier alpha value is -5.45. The van der Waals surface area contributed by atoms with Crippen molar-refractivity contribution in [1.29, 1.82) is 0 Å². The van der Waals surface area contributed by atoms with Crippen LogP contribution < -0.4 is 20.7 Å². The molecule has 17 nitrogen and oxygen atoms in total. The van der Waals surface area contributed by atoms with Crippen LogP contribution in [0, 0.1) is 29.5 Å². The van der Waals surface area contributed by atoms with Gasteiger partial charge in [-0.25, -0.2) is 19.3 Å². The summed E-state index contributed by atoms with van der Waals surface area (Å²) in [5.74, 6) is -1.47. The molecule has 2 aliphatic rings. The fourth-order valence-corrected chi connectivity index (χ4v) is 11.0. The molecule has 416 valence electrons. The van der Waals surface area contributed by atoms with E-state index >= 15 is 0 Å². The number of aliphatic hydroxyl groups is 1. The minimum atomic E-state index is -0.850. The zero-order valence-electron chi connectivity index (χ0n) is 44.2. The minimum absolute atomic E-state index is 0.00619. The standard InChI is InChI=1S/C56H71ClFN7O10S2/c1-37-50(77-36-62-37)39-13-11-38(12-14-39)34-61-51(68)46-32-42(67)35-65(46)52(69)44(55(2,3)4)31-41(66)17-22-71-24-26-73-28-29-74-27-25-72-23-20-59-53(70)56(33-40-7-5-10-48(63-40)64-54-60-21-30-76-54)18-15-43(16-19-56)75-47-9-6-8-45(57)49(47)58/h5-14,21,30,36,42-44,46,67H,15-20,22-29,31-35H2,1-4H3,(H,59,70)(H,61,68)(H,60,63,64)/t42-,43-,44-,46+,56-/m1/s1. The summed E-state index contributed by atoms with van der Waals surface area (Å²) in [4.78, 5) is 70.6. The molecule has 2 fully saturated rings. The van der Waals surface area contributed by atoms with Crippen molar-refractivity contribution in [2.24, 2.45) is 16.7 Å². The molecule has 21 heteroatoms. The summed E-state index contributed by atoms with van der Waals surface area (Å²) in [7, 11) is 0. The van der Waals surface area contributed by atoms with Gasteiger partial charge in [0, 0.05) is 68.5 Å². The topological polar surface area (TPSA) is 213 Å². The Bertz CT molecular complexity index is 2680. The predicted molar refractivity (Wildman–Crippen MR) is 294 cm³/mol. The number of aliphatic hydroxyl groups excluding tert-OH is 1. The molecule has 3 atom stereocenters. The number of aromatic nitrogens is 3. The third-order valence-corrected chi connectivity index (χ3v) is 15.8. The number of carbonyl (C=O) groups is 4. The number of ether oxygens (including phenoxy) is 5. The van der Waals surface area contributed by atoms with Gasteiger partial charge in [0.05, 0.1) is 91.6 Å². The number of likely N-dealkylation sites (tertiary alicyclic amines) is 1. The smallest absolute Gasteiger partial charge is 0.243 e. The van der Waals surface area contributed by atoms with Crippen molar-refractivity contribution in [3.8, 4) is 16.2 Å². The predicted octanol–water partition coefficient (Wildman–Crippen LogP) is 8.53. The van der Waals surface area contributed by atoms with E-state index in [1.165, 1.54) is 22.3 Å². The van der Waals surface area contributed by atoms with Crippen LogP contribution in [-0.2, 0) is 51.1 Å². The molecule has 4 heterocycles. The number of Topliss-reactive ketones (excluding diaryl/α,β-unsaturated/α-hetero) is 1. The highest BCUT2D eigenvalue weighted by molar-refractivity contribution is 7.13. The van der Waals surface area contributed by atoms with E-state index in [-0.39, 0.29) is 92.6 Å². The lowest BCUT2D eigenvalue weighted by molar-refractivity contribution is -0.146. The number of nitrogens with zero attached hydrogens (tertiary/aromatic N) is 4. The molecular weight excluding hydrogens is 1050 g/mol. The van der Waals surface area contributed by atoms with Crippen LogP contribution in [-0.4, -0.2) is 133 Å². The number of ketones is 1. The molecule has 4 N–H and O–H groups in total. The summed E-state index contributed by atoms with van der Waals surface area (Å²) in [5.41, 5.74) is 4.13. The molecule has 1 aliphatic heterocycles. The molecule has 5 aromatic rings. The number of carbonyl (C=O) groups excluding carboxylic acids is 4. The number of nitrogens with one attached hydrogen (secondary N) is 3. The second-order valence-corrected chi connectivity index (χ2v) is 22.7. The minimum Gasteiger partial charge on any atom is -0.487 e. The first-order chi connectivity index (χ1) is 37.1. The van der Waals surface area contributed by atoms with E-state index in [2.05, 4.69) is 25.9 Å². The molecule has 0 radical (unpaired) electrons. The number of hydrogen-bond acceptors (Lipinski definition) is 16. The Morgan fingerprint density at radius 1 is 0.883 bits per heavy atom. The number of benzene rings is 2. The van der Waals surface area contributed by atoms with Crippen LogP contribution in [0.1, 0.15) is 82.7 Å². The lowest BCUT2D eigenvalue weighted by Gasteiger charge is -2.39. The Morgan fingerprint density at radius 2 is 1.57 bits per heavy atom. The quantitative estimate of drug-likeness (QED) is 0.0331. The normalized spacial score (nSPS) is 18.9. The van der Waals surface area contributed by atoms with Gasteiger partial charge >= 0.3 is 0 Å². The van der Waals surface area contributed by atoms with Crippen molar-refractivity contribution in [3.63, 3.8) is 0 Å². The van der Waals surface area contributed by atoms with E-state index in [9.17, 15) is 28.7 Å². The summed E-state index contributed by atoms with van der Waals surface area (Å²) >= 11 is 9.03. The molecule has 2 aromatic carbocycles. The Balaban J connectivity index is 0.746. The number of halogens is 2. The van der Waals surface area contributed by atoms with Gasteiger partial charge in [-0.3, -0.25) is 19.2 Å². The average Bonchev–Trinajstić information content (AvgIpc) is 4.20. The Kier molecular flexibility index (Phi) is 22.3. The largest absolute Gasteiger partial charge is 0.487 e. The second-order valence-electron chi connectivity index (χ2n) is 20.5. The molecule has 0 spiro atoms. The number of amides is 3. The van der Waals surface area contributed by atoms with Gasteiger partial charge < -0.3 is 49.6 Å². The van der Waals surface area contributed by atoms with Crippen LogP contribution >= 0.6 is 34.3 Å². The van der Waals surface area contributed by atoms with Crippen LogP contribution in [0.4, 0.5) is 15.3 Å². The lowest BCUT2D eigenvalue weighted by atomic mass is 9.69. The van der Waals surface area contributed by atoms with Gasteiger partial charge in [-0.05, 0) is 73.4 Å². The zero-order valence-corrected chi connectivity index (χ0v) is 46.6. The maximum atomic E-state index is 14.7. The van der Waals surface area contributed by atoms with Gasteiger partial charge in [0.25, 0.3) is 0 Å². The Labute approximate surface area is 463 Å². The van der Waals surface area contributed by atoms with Gasteiger partial charge in [0.2, 0.25) is 17.7 Å². The van der Waals surface area contributed by atoms with Crippen molar-refractivity contribution in [2.45, 2.75) is 104 Å². The van der Waals surface area contributed by atoms with E-state index in [0.29, 0.717) is 77.5 Å². The van der Waals surface area contributed by atoms with E-state index in [1.807, 2.05) is 81.1 Å². The average molecular weight is 1120 g/mol. The lowest BCUT2D eigenvalue weighted by Crippen LogP contribution is -2.50. The molecule has 77 heavy (non-hydrogen) atoms. The van der Waals surface area contributed by atoms with Crippen molar-refractivity contribution >= 4 is 68.7 Å². The van der Waals surface area contributed by atoms with E-state index < -0.39 is 34.7 Å². The molecular formula is C56H71ClFN7O10S2. The zero-order chi connectivity index (χ0) is 54.8. The fraction of sp³-hybridized carbons (Fsp3) is 0.518. The second kappa shape index (κ2) is 29.0. The van der Waals surface area contributed by atoms with Gasteiger partial charge in [0.15, 0.2) is 16.7 Å². The maximum absolute atomic E-state index is 14.7. The summed E-state index contributed by atoms with van der Waals surface area (Å²) in [6, 6.07) is 17.4. The summed E-state index contributed by atoms with van der Waals surface area (Å²) in [6.07, 6.45) is 3.30. The van der Waals surface area contributed by atoms with Crippen LogP contribution in [0.3, 0.4) is 0 Å². The van der Waals surface area contributed by atoms with Crippen molar-refractivity contribution in [3.05, 3.63) is 106 Å². The molecule has 3 amide bonds. The first kappa shape index (κ1) is 59.2. The number of hydrogen-bond donors (Lipinski definition) is 4. The Morgan fingerprint density at radius 3 is 2.23 bits per heavy atom. The van der Waals surface area contributed by atoms with Crippen molar-refractivity contribution in [2.75, 3.05) is 71.3 Å². The molecule has 1 saturated carbocycles. The van der Waals surface area contributed by atoms with Crippen LogP contribution in [0.2, 0.25) is 5.02 Å². The van der Waals surface area contributed by atoms with Gasteiger partial charge in [-0.1, -0.05) is 68.8 Å². The fourth-order valence-electron chi connectivity index (χ4n) is 9.52. The van der Waals surface area contributed by atoms with Gasteiger partial charge in [0.1, 0.15) is 17.6 Å². The van der Waals surface area contributed by atoms with Gasteiger partial charge in [-0.15, -0.1) is 22.7 Å². The summed E-state index contributed by atoms with van der Waals surface area (Å²) < 4.78 is 43.4. The highest BCUT2D eigenvalue weighted by Gasteiger charge is 2.45. The monoisotopic (exact) mass is 1120 g/mol. The number of thiazole rings is 2. The highest BCUT2D eigenvalue weighted by atomic mass is 35.5. The van der Waals surface area contributed by atoms with E-state index in [0.717, 1.165) is 32.5 Å². The number of aryl methyl sites for hydroxylation is 1. The molecule has 7 rings (SSSR count). The molecule has 0 unspecified atom stereocenters. The molecule has 1 saturated heterocycles. The molecule has 1 aliphatic carbocycles. The maximum Gasteiger partial charge on any atom is 0.243 e. The number of anilines is 2. The van der Waals surface area contributed by atoms with Crippen molar-refractivity contribution in [1.82, 2.24) is 30.5 Å². The summed E-state index contributed by atoms with van der Waals surface area (Å²) in [6.45, 7) is 10.6. The van der Waals surface area contributed by atoms with E-state index in [1.54, 1.807) is 29.7 Å². The number of β-amino-alcohol motifs (C(OH)–C–C–N with tert-alkyl or cyclic N) is 1. The molecule has 0 bridgehead atoms. The first-order valence-electron chi connectivity index (χ1n) is 26.2. The molecule has 3 aromatic heterocycles. The SMILES string of the molecule is Cc1ncsc1-c1ccc(CNC(=O)[C@@H]2C[C@@H](O)CN2C(=O)[C@@H](CC(=O)CCOCCOCCOCCOCCNC(=O)[C@]2(Cc3cccc(Nc4nccs4)n3)CC[C@@H](Oc3cccc(Cl)c3F)CC2)C(C)(C)C)cc1. The van der Waals surface area contributed by atoms with Crippen LogP contribution in [0.15, 0.2) is 77.8 Å². The number of rotatable bonds is 29. The first-order valence-corrected chi connectivity index (χ1v) is 28.3. The van der Waals surface area contributed by atoms with E-state index in [4.69, 9.17) is 40.3 Å².